The van der Waals surface area contributed by atoms with Crippen molar-refractivity contribution >= 4 is 103 Å². The van der Waals surface area contributed by atoms with Gasteiger partial charge >= 0.3 is 0 Å². The molecule has 0 unspecified atom stereocenters. The maximum atomic E-state index is 6.91. The Hall–Kier alpha value is -5.58. The van der Waals surface area contributed by atoms with E-state index < -0.39 is 0 Å². The monoisotopic (exact) mass is 581 g/mol. The molecule has 44 heavy (non-hydrogen) atoms. The average molecular weight is 582 g/mol. The molecule has 0 radical (unpaired) electrons. The van der Waals surface area contributed by atoms with Gasteiger partial charge in [-0.25, -0.2) is 0 Å². The molecule has 206 valence electrons. The van der Waals surface area contributed by atoms with Crippen molar-refractivity contribution in [2.24, 2.45) is 0 Å². The first-order valence-electron chi connectivity index (χ1n) is 14.8. The zero-order valence-corrected chi connectivity index (χ0v) is 24.3. The van der Waals surface area contributed by atoms with Gasteiger partial charge in [-0.2, -0.15) is 0 Å². The van der Waals surface area contributed by atoms with E-state index in [0.29, 0.717) is 0 Å². The summed E-state index contributed by atoms with van der Waals surface area (Å²) in [5, 5.41) is 9.20. The number of hydrogen-bond donors (Lipinski definition) is 0. The van der Waals surface area contributed by atoms with Crippen molar-refractivity contribution in [1.29, 1.82) is 0 Å². The van der Waals surface area contributed by atoms with Crippen LogP contribution in [-0.4, -0.2) is 0 Å². The lowest BCUT2D eigenvalue weighted by molar-refractivity contribution is 0.668. The highest BCUT2D eigenvalue weighted by Crippen LogP contribution is 2.50. The van der Waals surface area contributed by atoms with Crippen LogP contribution in [0.5, 0.6) is 0 Å². The lowest BCUT2D eigenvalue weighted by Crippen LogP contribution is -2.10. The molecule has 3 heterocycles. The fraction of sp³-hybridized carbons (Fsp3) is 0. The first-order chi connectivity index (χ1) is 21.8. The van der Waals surface area contributed by atoms with Crippen molar-refractivity contribution in [2.75, 3.05) is 4.90 Å². The van der Waals surface area contributed by atoms with Crippen molar-refractivity contribution < 1.29 is 8.83 Å². The molecule has 0 atom stereocenters. The van der Waals surface area contributed by atoms with Crippen LogP contribution in [-0.2, 0) is 0 Å². The van der Waals surface area contributed by atoms with Crippen molar-refractivity contribution in [3.8, 4) is 0 Å². The molecule has 7 aromatic carbocycles. The van der Waals surface area contributed by atoms with Gasteiger partial charge in [-0.1, -0.05) is 97.1 Å². The predicted molar refractivity (Wildman–Crippen MR) is 186 cm³/mol. The summed E-state index contributed by atoms with van der Waals surface area (Å²) < 4.78 is 15.8. The maximum absolute atomic E-state index is 6.91. The van der Waals surface area contributed by atoms with Crippen LogP contribution in [0.25, 0.3) is 74.8 Å². The Morgan fingerprint density at radius 3 is 2.00 bits per heavy atom. The summed E-state index contributed by atoms with van der Waals surface area (Å²) in [6, 6.07) is 49.3. The Morgan fingerprint density at radius 2 is 1.07 bits per heavy atom. The Kier molecular flexibility index (Phi) is 4.87. The first-order valence-corrected chi connectivity index (χ1v) is 15.6. The molecule has 0 aliphatic heterocycles. The third-order valence-electron chi connectivity index (χ3n) is 8.85. The van der Waals surface area contributed by atoms with E-state index in [1.54, 1.807) is 0 Å². The van der Waals surface area contributed by atoms with Crippen molar-refractivity contribution in [3.63, 3.8) is 0 Å². The molecular formula is C40H23NO2S. The number of fused-ring (bicyclic) bond motifs is 11. The van der Waals surface area contributed by atoms with Gasteiger partial charge in [-0.15, -0.1) is 11.3 Å². The first kappa shape index (κ1) is 23.9. The van der Waals surface area contributed by atoms with E-state index in [-0.39, 0.29) is 0 Å². The van der Waals surface area contributed by atoms with Crippen LogP contribution in [0.3, 0.4) is 0 Å². The number of furan rings is 2. The lowest BCUT2D eigenvalue weighted by atomic mass is 10.0. The number of hydrogen-bond acceptors (Lipinski definition) is 4. The summed E-state index contributed by atoms with van der Waals surface area (Å²) >= 11 is 1.83. The highest BCUT2D eigenvalue weighted by atomic mass is 32.1. The van der Waals surface area contributed by atoms with Crippen LogP contribution in [0.1, 0.15) is 0 Å². The molecule has 0 saturated heterocycles. The maximum Gasteiger partial charge on any atom is 0.159 e. The minimum atomic E-state index is 0.861. The van der Waals surface area contributed by atoms with Crippen LogP contribution in [0.2, 0.25) is 0 Å². The second-order valence-corrected chi connectivity index (χ2v) is 12.3. The molecule has 10 aromatic rings. The zero-order chi connectivity index (χ0) is 28.8. The predicted octanol–water partition coefficient (Wildman–Crippen LogP) is 12.5. The standard InChI is InChI=1S/C40H23NO2S/c1-2-11-25-24(10-1)22-23-28-27-14-7-17-32(39(27)43-38(25)28)41(31-16-9-20-35-37(31)30-13-3-5-19-34(30)42-35)33-18-8-15-29-26-12-4-6-21-36(26)44-40(29)33/h1-23H. The van der Waals surface area contributed by atoms with Crippen LogP contribution in [0.15, 0.2) is 148 Å². The molecule has 4 heteroatoms. The van der Waals surface area contributed by atoms with Gasteiger partial charge in [0.05, 0.1) is 27.1 Å². The van der Waals surface area contributed by atoms with Gasteiger partial charge in [0.1, 0.15) is 16.7 Å². The molecule has 0 spiro atoms. The van der Waals surface area contributed by atoms with E-state index in [9.17, 15) is 0 Å². The zero-order valence-electron chi connectivity index (χ0n) is 23.5. The Labute approximate surface area is 255 Å². The normalized spacial score (nSPS) is 12.1. The molecule has 0 aliphatic rings. The molecule has 0 aliphatic carbocycles. The van der Waals surface area contributed by atoms with Crippen molar-refractivity contribution in [3.05, 3.63) is 140 Å². The van der Waals surface area contributed by atoms with Gasteiger partial charge in [-0.05, 0) is 47.9 Å². The molecular weight excluding hydrogens is 559 g/mol. The largest absolute Gasteiger partial charge is 0.456 e. The minimum absolute atomic E-state index is 0.861. The van der Waals surface area contributed by atoms with Crippen LogP contribution >= 0.6 is 11.3 Å². The summed E-state index contributed by atoms with van der Waals surface area (Å²) in [7, 11) is 0. The molecule has 0 N–H and O–H groups in total. The fourth-order valence-electron chi connectivity index (χ4n) is 6.93. The molecule has 3 aromatic heterocycles. The number of benzene rings is 7. The van der Waals surface area contributed by atoms with Crippen molar-refractivity contribution in [1.82, 2.24) is 0 Å². The fourth-order valence-corrected chi connectivity index (χ4v) is 8.13. The lowest BCUT2D eigenvalue weighted by Gasteiger charge is -2.26. The molecule has 3 nitrogen and oxygen atoms in total. The second kappa shape index (κ2) is 8.96. The Balaban J connectivity index is 1.36. The summed E-state index contributed by atoms with van der Waals surface area (Å²) in [5.41, 5.74) is 6.67. The van der Waals surface area contributed by atoms with E-state index >= 15 is 0 Å². The molecule has 0 bridgehead atoms. The number of rotatable bonds is 3. The highest BCUT2D eigenvalue weighted by Gasteiger charge is 2.25. The van der Waals surface area contributed by atoms with E-state index in [1.165, 1.54) is 25.6 Å². The SMILES string of the molecule is c1ccc2c(c1)ccc1c3cccc(N(c4cccc5c4sc4ccccc45)c4cccc5oc6ccccc6c45)c3oc21. The number of para-hydroxylation sites is 2. The van der Waals surface area contributed by atoms with Gasteiger partial charge in [-0.3, -0.25) is 0 Å². The van der Waals surface area contributed by atoms with Crippen molar-refractivity contribution in [2.45, 2.75) is 0 Å². The van der Waals surface area contributed by atoms with E-state index in [4.69, 9.17) is 8.83 Å². The third kappa shape index (κ3) is 3.26. The highest BCUT2D eigenvalue weighted by molar-refractivity contribution is 7.26. The second-order valence-electron chi connectivity index (χ2n) is 11.3. The van der Waals surface area contributed by atoms with Crippen LogP contribution in [0.4, 0.5) is 17.1 Å². The van der Waals surface area contributed by atoms with E-state index in [2.05, 4.69) is 132 Å². The van der Waals surface area contributed by atoms with Crippen LogP contribution < -0.4 is 4.90 Å². The Bertz CT molecular complexity index is 2750. The van der Waals surface area contributed by atoms with Gasteiger partial charge in [0, 0.05) is 37.0 Å². The van der Waals surface area contributed by atoms with Gasteiger partial charge in [0.2, 0.25) is 0 Å². The summed E-state index contributed by atoms with van der Waals surface area (Å²) in [6.45, 7) is 0. The van der Waals surface area contributed by atoms with E-state index in [1.807, 2.05) is 23.5 Å². The summed E-state index contributed by atoms with van der Waals surface area (Å²) in [4.78, 5) is 2.38. The summed E-state index contributed by atoms with van der Waals surface area (Å²) in [5.74, 6) is 0. The van der Waals surface area contributed by atoms with E-state index in [0.717, 1.165) is 66.3 Å². The smallest absolute Gasteiger partial charge is 0.159 e. The quantitative estimate of drug-likeness (QED) is 0.208. The number of anilines is 3. The molecule has 0 amide bonds. The number of thiophene rings is 1. The van der Waals surface area contributed by atoms with Crippen LogP contribution in [0, 0.1) is 0 Å². The average Bonchev–Trinajstić information content (AvgIpc) is 3.77. The minimum Gasteiger partial charge on any atom is -0.456 e. The van der Waals surface area contributed by atoms with Gasteiger partial charge < -0.3 is 13.7 Å². The van der Waals surface area contributed by atoms with Gasteiger partial charge in [0.15, 0.2) is 5.58 Å². The van der Waals surface area contributed by atoms with Gasteiger partial charge in [0.25, 0.3) is 0 Å². The summed E-state index contributed by atoms with van der Waals surface area (Å²) in [6.07, 6.45) is 0. The topological polar surface area (TPSA) is 29.5 Å². The molecule has 0 fully saturated rings. The number of nitrogens with zero attached hydrogens (tertiary/aromatic N) is 1. The third-order valence-corrected chi connectivity index (χ3v) is 10.1. The Morgan fingerprint density at radius 1 is 0.409 bits per heavy atom. The molecule has 0 saturated carbocycles. The molecule has 10 rings (SSSR count).